The smallest absolute Gasteiger partial charge is 0.248 e. The standard InChI is InChI=1S/C59H66N8O14/c1-25(2)16-40(67(8)9)55(75)66-51-53(73)33-12-15-44(27(4)18-33)81-36-20-34-19-35(22-36)80-43-14-11-31(17-26(43)3)28(5)47-56(76)63-48(30(7)68)38-23-42(70)29(6)52(72)46(38)37-21-32(10-13-41(37)69)49(57(77)62-47)65-58(78)50(34)64-54(74)39(24-45(60)71)61-59(51)79/h10-15,17-23,25,28,39-40,47-51,53,69-70,72-73H,16,24H2,1-9H3,(H2,60,71)(H,61,79)(H,62,77)(H,63,76)(H,64,74)(H,65,78)(H,66,75). The zero-order valence-electron chi connectivity index (χ0n) is 46.1. The average Bonchev–Trinajstić information content (AvgIpc) is 3.56. The van der Waals surface area contributed by atoms with E-state index in [1.807, 2.05) is 13.8 Å². The number of nitrogens with one attached hydrogen (secondary N) is 6. The second-order valence-corrected chi connectivity index (χ2v) is 21.6. The molecule has 0 aromatic heterocycles. The number of rotatable bonds is 8. The monoisotopic (exact) mass is 1110 g/mol. The number of aliphatic hydroxyl groups excluding tert-OH is 1. The van der Waals surface area contributed by atoms with E-state index in [-0.39, 0.29) is 67.9 Å². The lowest BCUT2D eigenvalue weighted by Crippen LogP contribution is -2.59. The van der Waals surface area contributed by atoms with Crippen molar-refractivity contribution in [2.45, 2.75) is 116 Å². The Balaban J connectivity index is 1.35. The number of hydrogen-bond donors (Lipinski definition) is 11. The van der Waals surface area contributed by atoms with Crippen LogP contribution >= 0.6 is 0 Å². The van der Waals surface area contributed by atoms with Crippen molar-refractivity contribution >= 4 is 47.1 Å². The van der Waals surface area contributed by atoms with Crippen molar-refractivity contribution in [1.82, 2.24) is 36.8 Å². The number of phenols is 3. The van der Waals surface area contributed by atoms with Crippen LogP contribution in [0.3, 0.4) is 0 Å². The van der Waals surface area contributed by atoms with Gasteiger partial charge in [0.1, 0.15) is 82.6 Å². The van der Waals surface area contributed by atoms with Gasteiger partial charge in [-0.05, 0) is 142 Å². The Labute approximate surface area is 466 Å². The van der Waals surface area contributed by atoms with E-state index in [1.165, 1.54) is 68.4 Å². The third kappa shape index (κ3) is 12.3. The number of nitrogens with zero attached hydrogens (tertiary/aromatic N) is 1. The van der Waals surface area contributed by atoms with Crippen molar-refractivity contribution in [2.75, 3.05) is 14.1 Å². The maximum absolute atomic E-state index is 15.5. The summed E-state index contributed by atoms with van der Waals surface area (Å²) in [6.45, 7) is 11.4. The molecule has 10 rings (SSSR count). The minimum absolute atomic E-state index is 0.0289. The number of ether oxygens (including phenoxy) is 2. The van der Waals surface area contributed by atoms with Crippen molar-refractivity contribution in [3.05, 3.63) is 123 Å². The number of ketones is 1. The minimum Gasteiger partial charge on any atom is -0.508 e. The van der Waals surface area contributed by atoms with Gasteiger partial charge in [0.2, 0.25) is 41.4 Å². The number of carbonyl (C=O) groups excluding carboxylic acids is 8. The number of nitrogens with two attached hydrogens (primary N) is 1. The summed E-state index contributed by atoms with van der Waals surface area (Å²) in [7, 11) is 3.36. The number of aliphatic hydroxyl groups is 1. The lowest BCUT2D eigenvalue weighted by molar-refractivity contribution is -0.138. The number of carbonyl (C=O) groups is 8. The predicted molar refractivity (Wildman–Crippen MR) is 294 cm³/mol. The maximum Gasteiger partial charge on any atom is 0.248 e. The second kappa shape index (κ2) is 23.4. The van der Waals surface area contributed by atoms with Gasteiger partial charge < -0.3 is 67.5 Å². The highest BCUT2D eigenvalue weighted by molar-refractivity contribution is 6.01. The molecule has 22 heteroatoms. The van der Waals surface area contributed by atoms with Gasteiger partial charge in [-0.25, -0.2) is 0 Å². The van der Waals surface area contributed by atoms with E-state index < -0.39 is 125 Å². The summed E-state index contributed by atoms with van der Waals surface area (Å²) in [4.78, 5) is 117. The van der Waals surface area contributed by atoms with Crippen molar-refractivity contribution in [3.8, 4) is 51.4 Å². The van der Waals surface area contributed by atoms with E-state index in [4.69, 9.17) is 15.2 Å². The van der Waals surface area contributed by atoms with Crippen molar-refractivity contribution in [3.63, 3.8) is 0 Å². The number of aryl methyl sites for hydroxylation is 2. The number of aromatic hydroxyl groups is 3. The average molecular weight is 1110 g/mol. The Bertz CT molecular complexity index is 3400. The lowest BCUT2D eigenvalue weighted by atomic mass is 9.86. The number of hydrogen-bond acceptors (Lipinski definition) is 15. The van der Waals surface area contributed by atoms with Crippen LogP contribution in [0.5, 0.6) is 40.2 Å². The van der Waals surface area contributed by atoms with E-state index in [2.05, 4.69) is 31.9 Å². The number of Topliss-reactive ketones (excluding diaryl/α,β-unsaturated/α-hetero) is 1. The summed E-state index contributed by atoms with van der Waals surface area (Å²) < 4.78 is 13.0. The Kier molecular flexibility index (Phi) is 16.8. The fraction of sp³-hybridized carbons (Fsp3) is 0.356. The zero-order chi connectivity index (χ0) is 59.0. The normalized spacial score (nSPS) is 22.4. The summed E-state index contributed by atoms with van der Waals surface area (Å²) in [6.07, 6.45) is -2.26. The SMILES string of the molecule is CC(=O)C1NC(=O)C2NC(=O)C(NC(=O)C3NC(=O)C(CC(N)=O)NC(=O)C(NC(=O)C(CC(C)C)N(C)C)C(O)c4ccc(c(C)c4)Oc4cc(cc3c4)Oc3ccc(cc3C)C2C)c2ccc(O)c(c2)-c2c1cc(O)c(C)c2O. The van der Waals surface area contributed by atoms with Crippen LogP contribution in [-0.4, -0.2) is 111 Å². The molecule has 5 aliphatic heterocycles. The molecular formula is C59H66N8O14. The first-order valence-corrected chi connectivity index (χ1v) is 26.3. The van der Waals surface area contributed by atoms with Gasteiger partial charge in [-0.15, -0.1) is 0 Å². The molecule has 426 valence electrons. The largest absolute Gasteiger partial charge is 0.508 e. The molecule has 9 unspecified atom stereocenters. The molecule has 9 atom stereocenters. The molecule has 22 nitrogen and oxygen atoms in total. The van der Waals surface area contributed by atoms with Gasteiger partial charge in [-0.1, -0.05) is 45.0 Å². The summed E-state index contributed by atoms with van der Waals surface area (Å²) in [6, 6.07) is 7.54. The molecule has 0 radical (unpaired) electrons. The zero-order valence-corrected chi connectivity index (χ0v) is 46.1. The van der Waals surface area contributed by atoms with Crippen LogP contribution in [0.25, 0.3) is 11.1 Å². The summed E-state index contributed by atoms with van der Waals surface area (Å²) in [5, 5.41) is 62.3. The molecule has 5 aromatic carbocycles. The Morgan fingerprint density at radius 1 is 0.679 bits per heavy atom. The van der Waals surface area contributed by atoms with Gasteiger partial charge in [0.05, 0.1) is 12.5 Å². The topological polar surface area (TPSA) is 337 Å². The molecule has 5 heterocycles. The van der Waals surface area contributed by atoms with Crippen LogP contribution in [-0.2, 0) is 38.4 Å². The van der Waals surface area contributed by atoms with E-state index in [0.717, 1.165) is 0 Å². The summed E-state index contributed by atoms with van der Waals surface area (Å²) in [5.41, 5.74) is 6.70. The van der Waals surface area contributed by atoms with Gasteiger partial charge in [0.15, 0.2) is 5.78 Å². The highest BCUT2D eigenvalue weighted by Gasteiger charge is 2.41. The number of primary amides is 1. The Hall–Kier alpha value is -9.02. The van der Waals surface area contributed by atoms with Gasteiger partial charge in [-0.2, -0.15) is 0 Å². The number of benzene rings is 5. The molecule has 5 aliphatic rings. The van der Waals surface area contributed by atoms with Crippen LogP contribution < -0.4 is 47.1 Å². The highest BCUT2D eigenvalue weighted by Crippen LogP contribution is 2.47. The Morgan fingerprint density at radius 3 is 1.85 bits per heavy atom. The molecule has 5 aromatic rings. The summed E-state index contributed by atoms with van der Waals surface area (Å²) in [5.74, 6) is -9.42. The second-order valence-electron chi connectivity index (χ2n) is 21.6. The third-order valence-electron chi connectivity index (χ3n) is 14.9. The fourth-order valence-corrected chi connectivity index (χ4v) is 10.3. The van der Waals surface area contributed by atoms with E-state index in [9.17, 15) is 49.2 Å². The van der Waals surface area contributed by atoms with Crippen LogP contribution in [0.2, 0.25) is 0 Å². The molecule has 81 heavy (non-hydrogen) atoms. The van der Waals surface area contributed by atoms with Crippen molar-refractivity contribution < 1.29 is 68.3 Å². The maximum atomic E-state index is 15.5. The van der Waals surface area contributed by atoms with E-state index >= 15 is 9.59 Å². The molecular weight excluding hydrogens is 1040 g/mol. The molecule has 11 bridgehead atoms. The number of phenolic OH excluding ortho intramolecular Hbond substituents is 3. The van der Waals surface area contributed by atoms with Crippen LogP contribution in [0.1, 0.15) is 115 Å². The highest BCUT2D eigenvalue weighted by atomic mass is 16.5. The number of fused-ring (bicyclic) bond motifs is 15. The summed E-state index contributed by atoms with van der Waals surface area (Å²) >= 11 is 0. The molecule has 0 saturated heterocycles. The van der Waals surface area contributed by atoms with Crippen molar-refractivity contribution in [2.24, 2.45) is 11.7 Å². The number of amides is 7. The predicted octanol–water partition coefficient (Wildman–Crippen LogP) is 4.23. The van der Waals surface area contributed by atoms with Crippen LogP contribution in [0.4, 0.5) is 0 Å². The fourth-order valence-electron chi connectivity index (χ4n) is 10.3. The van der Waals surface area contributed by atoms with Gasteiger partial charge in [-0.3, -0.25) is 43.3 Å². The van der Waals surface area contributed by atoms with E-state index in [0.29, 0.717) is 23.1 Å². The molecule has 0 fully saturated rings. The molecule has 0 spiro atoms. The molecule has 0 saturated carbocycles. The number of likely N-dealkylation sites (N-methyl/N-ethyl adjacent to an activating group) is 1. The first-order chi connectivity index (χ1) is 38.2. The molecule has 0 aliphatic carbocycles. The minimum atomic E-state index is -1.91. The Morgan fingerprint density at radius 2 is 1.26 bits per heavy atom. The lowest BCUT2D eigenvalue weighted by Gasteiger charge is -2.32. The van der Waals surface area contributed by atoms with Crippen LogP contribution in [0.15, 0.2) is 78.9 Å². The molecule has 12 N–H and O–H groups in total. The molecule has 7 amide bonds. The quantitative estimate of drug-likeness (QED) is 0.104. The first kappa shape index (κ1) is 58.1. The first-order valence-electron chi connectivity index (χ1n) is 26.3. The van der Waals surface area contributed by atoms with Gasteiger partial charge in [0.25, 0.3) is 0 Å². The van der Waals surface area contributed by atoms with Crippen molar-refractivity contribution in [1.29, 1.82) is 0 Å². The van der Waals surface area contributed by atoms with Gasteiger partial charge in [0, 0.05) is 28.7 Å². The van der Waals surface area contributed by atoms with Gasteiger partial charge >= 0.3 is 0 Å². The van der Waals surface area contributed by atoms with Crippen LogP contribution in [0, 0.1) is 26.7 Å². The third-order valence-corrected chi connectivity index (χ3v) is 14.9. The van der Waals surface area contributed by atoms with E-state index in [1.54, 1.807) is 64.0 Å².